The maximum absolute atomic E-state index is 13.8. The lowest BCUT2D eigenvalue weighted by Crippen LogP contribution is -2.61. The third-order valence-electron chi connectivity index (χ3n) is 4.70. The van der Waals surface area contributed by atoms with Gasteiger partial charge in [0.05, 0.1) is 13.7 Å². The molecule has 2 aliphatic rings. The minimum atomic E-state index is -4.82. The maximum atomic E-state index is 13.8. The molecule has 0 aliphatic carbocycles. The van der Waals surface area contributed by atoms with Crippen LogP contribution in [0.2, 0.25) is 0 Å². The van der Waals surface area contributed by atoms with E-state index in [-0.39, 0.29) is 0 Å². The normalized spacial score (nSPS) is 30.5. The Morgan fingerprint density at radius 2 is 1.93 bits per heavy atom. The molecule has 2 N–H and O–H groups in total. The Morgan fingerprint density at radius 3 is 2.55 bits per heavy atom. The molecule has 6 unspecified atom stereocenters. The number of thioether (sulfide) groups is 1. The molecule has 1 aromatic rings. The molecule has 1 fully saturated rings. The topological polar surface area (TPSA) is 83.8 Å². The quantitative estimate of drug-likeness (QED) is 0.726. The Morgan fingerprint density at radius 1 is 1.24 bits per heavy atom. The lowest BCUT2D eigenvalue weighted by molar-refractivity contribution is -0.287. The van der Waals surface area contributed by atoms with Gasteiger partial charge in [0.1, 0.15) is 35.5 Å². The summed E-state index contributed by atoms with van der Waals surface area (Å²) in [6, 6.07) is 5.68. The standard InChI is InChI=1S/C18H23F3N2O5S/c1-23(2)17-22-11-12(24)13(25)14(28-16(11)29-17)15(18(19,20)21)27-8-9-6-4-5-7-10(9)26-3/h4-7,11-16,24-25H,8H2,1-3H3. The summed E-state index contributed by atoms with van der Waals surface area (Å²) >= 11 is 1.10. The van der Waals surface area contributed by atoms with Gasteiger partial charge >= 0.3 is 6.18 Å². The first-order chi connectivity index (χ1) is 13.6. The highest BCUT2D eigenvalue weighted by molar-refractivity contribution is 8.14. The van der Waals surface area contributed by atoms with Crippen molar-refractivity contribution < 1.29 is 37.6 Å². The largest absolute Gasteiger partial charge is 0.496 e. The van der Waals surface area contributed by atoms with E-state index in [9.17, 15) is 23.4 Å². The number of ether oxygens (including phenoxy) is 3. The summed E-state index contributed by atoms with van der Waals surface area (Å²) < 4.78 is 57.1. The average molecular weight is 436 g/mol. The van der Waals surface area contributed by atoms with Gasteiger partial charge in [0.25, 0.3) is 0 Å². The van der Waals surface area contributed by atoms with Crippen molar-refractivity contribution >= 4 is 16.9 Å². The SMILES string of the molecule is COc1ccccc1COC(C1OC2SC(N(C)C)=NC2C(O)C1O)C(F)(F)F. The highest BCUT2D eigenvalue weighted by atomic mass is 32.2. The summed E-state index contributed by atoms with van der Waals surface area (Å²) in [5, 5.41) is 21.3. The summed E-state index contributed by atoms with van der Waals surface area (Å²) in [6.45, 7) is -0.405. The monoisotopic (exact) mass is 436 g/mol. The second kappa shape index (κ2) is 8.68. The maximum Gasteiger partial charge on any atom is 0.417 e. The number of fused-ring (bicyclic) bond motifs is 1. The van der Waals surface area contributed by atoms with Crippen molar-refractivity contribution in [1.29, 1.82) is 0 Å². The number of aliphatic imine (C=N–C) groups is 1. The highest BCUT2D eigenvalue weighted by Gasteiger charge is 2.57. The first-order valence-corrected chi connectivity index (χ1v) is 9.75. The number of rotatable bonds is 5. The molecule has 7 nitrogen and oxygen atoms in total. The number of aliphatic hydroxyl groups is 2. The Kier molecular flexibility index (Phi) is 6.64. The summed E-state index contributed by atoms with van der Waals surface area (Å²) in [4.78, 5) is 5.91. The molecule has 2 heterocycles. The van der Waals surface area contributed by atoms with Gasteiger partial charge in [-0.1, -0.05) is 30.0 Å². The predicted octanol–water partition coefficient (Wildman–Crippen LogP) is 1.62. The number of hydrogen-bond donors (Lipinski definition) is 2. The fraction of sp³-hybridized carbons (Fsp3) is 0.611. The number of benzene rings is 1. The zero-order valence-corrected chi connectivity index (χ0v) is 16.9. The lowest BCUT2D eigenvalue weighted by Gasteiger charge is -2.41. The van der Waals surface area contributed by atoms with Crippen LogP contribution >= 0.6 is 11.8 Å². The molecule has 0 amide bonds. The van der Waals surface area contributed by atoms with Crippen LogP contribution in [0.4, 0.5) is 13.2 Å². The predicted molar refractivity (Wildman–Crippen MR) is 101 cm³/mol. The smallest absolute Gasteiger partial charge is 0.417 e. The lowest BCUT2D eigenvalue weighted by atomic mass is 9.94. The molecule has 3 rings (SSSR count). The number of aliphatic hydroxyl groups excluding tert-OH is 2. The number of amidine groups is 1. The van der Waals surface area contributed by atoms with Crippen molar-refractivity contribution in [3.05, 3.63) is 29.8 Å². The van der Waals surface area contributed by atoms with Gasteiger partial charge in [-0.2, -0.15) is 13.2 Å². The molecule has 0 saturated carbocycles. The van der Waals surface area contributed by atoms with Crippen LogP contribution in [0.15, 0.2) is 29.3 Å². The third kappa shape index (κ3) is 4.64. The molecule has 29 heavy (non-hydrogen) atoms. The van der Waals surface area contributed by atoms with E-state index in [4.69, 9.17) is 14.2 Å². The molecule has 0 spiro atoms. The molecule has 0 aromatic heterocycles. The van der Waals surface area contributed by atoms with Gasteiger partial charge in [-0.05, 0) is 6.07 Å². The molecular formula is C18H23F3N2O5S. The van der Waals surface area contributed by atoms with Crippen molar-refractivity contribution in [1.82, 2.24) is 4.90 Å². The van der Waals surface area contributed by atoms with Gasteiger partial charge in [0.15, 0.2) is 11.3 Å². The third-order valence-corrected chi connectivity index (χ3v) is 6.01. The van der Waals surface area contributed by atoms with E-state index in [1.165, 1.54) is 7.11 Å². The molecule has 1 aromatic carbocycles. The van der Waals surface area contributed by atoms with E-state index in [2.05, 4.69) is 4.99 Å². The Hall–Kier alpha value is -1.53. The zero-order valence-electron chi connectivity index (χ0n) is 16.0. The van der Waals surface area contributed by atoms with Crippen LogP contribution in [0, 0.1) is 0 Å². The summed E-state index contributed by atoms with van der Waals surface area (Å²) in [5.41, 5.74) is -0.433. The zero-order chi connectivity index (χ0) is 21.3. The molecular weight excluding hydrogens is 413 g/mol. The summed E-state index contributed by atoms with van der Waals surface area (Å²) in [5.74, 6) is 0.383. The Labute approximate surface area is 170 Å². The second-order valence-electron chi connectivity index (χ2n) is 6.95. The van der Waals surface area contributed by atoms with Gasteiger partial charge < -0.3 is 29.3 Å². The van der Waals surface area contributed by atoms with Crippen LogP contribution in [0.25, 0.3) is 0 Å². The van der Waals surface area contributed by atoms with Gasteiger partial charge in [-0.25, -0.2) is 0 Å². The van der Waals surface area contributed by atoms with E-state index in [0.717, 1.165) is 11.8 Å². The van der Waals surface area contributed by atoms with E-state index in [1.807, 2.05) is 0 Å². The first kappa shape index (κ1) is 22.2. The molecule has 0 radical (unpaired) electrons. The molecule has 0 bridgehead atoms. The van der Waals surface area contributed by atoms with Crippen LogP contribution in [0.3, 0.4) is 0 Å². The van der Waals surface area contributed by atoms with Crippen molar-refractivity contribution in [3.63, 3.8) is 0 Å². The number of hydrogen-bond acceptors (Lipinski definition) is 8. The Balaban J connectivity index is 1.79. The van der Waals surface area contributed by atoms with Crippen molar-refractivity contribution in [3.8, 4) is 5.75 Å². The van der Waals surface area contributed by atoms with Crippen molar-refractivity contribution in [2.24, 2.45) is 4.99 Å². The minimum absolute atomic E-state index is 0.383. The number of halogens is 3. The number of para-hydroxylation sites is 1. The van der Waals surface area contributed by atoms with Crippen LogP contribution in [0.5, 0.6) is 5.75 Å². The van der Waals surface area contributed by atoms with E-state index in [1.54, 1.807) is 43.3 Å². The van der Waals surface area contributed by atoms with Crippen molar-refractivity contribution in [2.45, 2.75) is 48.7 Å². The molecule has 1 saturated heterocycles. The van der Waals surface area contributed by atoms with E-state index in [0.29, 0.717) is 16.5 Å². The molecule has 6 atom stereocenters. The fourth-order valence-electron chi connectivity index (χ4n) is 3.22. The van der Waals surface area contributed by atoms with E-state index < -0.39 is 48.7 Å². The highest BCUT2D eigenvalue weighted by Crippen LogP contribution is 2.41. The summed E-state index contributed by atoms with van der Waals surface area (Å²) in [6.07, 6.45) is -12.4. The summed E-state index contributed by atoms with van der Waals surface area (Å²) in [7, 11) is 4.85. The van der Waals surface area contributed by atoms with Crippen molar-refractivity contribution in [2.75, 3.05) is 21.2 Å². The number of methoxy groups -OCH3 is 1. The number of alkyl halides is 3. The van der Waals surface area contributed by atoms with E-state index >= 15 is 0 Å². The molecule has 2 aliphatic heterocycles. The van der Waals surface area contributed by atoms with Crippen LogP contribution < -0.4 is 4.74 Å². The average Bonchev–Trinajstić information content (AvgIpc) is 3.09. The number of nitrogens with zero attached hydrogens (tertiary/aromatic N) is 2. The second-order valence-corrected chi connectivity index (χ2v) is 8.02. The van der Waals surface area contributed by atoms with Gasteiger partial charge in [0.2, 0.25) is 0 Å². The molecule has 11 heteroatoms. The van der Waals surface area contributed by atoms with Gasteiger partial charge in [-0.15, -0.1) is 0 Å². The molecule has 162 valence electrons. The first-order valence-electron chi connectivity index (χ1n) is 8.87. The Bertz CT molecular complexity index is 748. The van der Waals surface area contributed by atoms with Crippen LogP contribution in [-0.4, -0.2) is 83.6 Å². The fourth-order valence-corrected chi connectivity index (χ4v) is 4.36. The minimum Gasteiger partial charge on any atom is -0.496 e. The van der Waals surface area contributed by atoms with Crippen LogP contribution in [-0.2, 0) is 16.1 Å². The van der Waals surface area contributed by atoms with Crippen LogP contribution in [0.1, 0.15) is 5.56 Å². The van der Waals surface area contributed by atoms with Gasteiger partial charge in [0, 0.05) is 19.7 Å². The van der Waals surface area contributed by atoms with Gasteiger partial charge in [-0.3, -0.25) is 4.99 Å².